The first-order chi connectivity index (χ1) is 16.2. The van der Waals surface area contributed by atoms with Crippen molar-refractivity contribution in [3.8, 4) is 0 Å². The predicted molar refractivity (Wildman–Crippen MR) is 131 cm³/mol. The van der Waals surface area contributed by atoms with Crippen LogP contribution < -0.4 is 15.5 Å². The van der Waals surface area contributed by atoms with Gasteiger partial charge in [-0.2, -0.15) is 0 Å². The number of imide groups is 1. The number of hydrogen-bond donors (Lipinski definition) is 2. The van der Waals surface area contributed by atoms with Crippen LogP contribution >= 0.6 is 46.4 Å². The highest BCUT2D eigenvalue weighted by molar-refractivity contribution is 6.53. The van der Waals surface area contributed by atoms with Gasteiger partial charge in [0.2, 0.25) is 0 Å². The Kier molecular flexibility index (Phi) is 6.81. The molecule has 0 unspecified atom stereocenters. The Balaban J connectivity index is 1.54. The molecule has 1 aliphatic heterocycles. The van der Waals surface area contributed by atoms with Gasteiger partial charge in [0.15, 0.2) is 0 Å². The molecule has 0 aromatic heterocycles. The molecule has 0 atom stereocenters. The highest BCUT2D eigenvalue weighted by Gasteiger charge is 2.39. The van der Waals surface area contributed by atoms with E-state index in [4.69, 9.17) is 46.4 Å². The molecular formula is C23H12Cl4FN3O3. The summed E-state index contributed by atoms with van der Waals surface area (Å²) in [5, 5.41) is 5.49. The maximum Gasteiger partial charge on any atom is 0.283 e. The van der Waals surface area contributed by atoms with Gasteiger partial charge in [0.05, 0.1) is 20.8 Å². The van der Waals surface area contributed by atoms with Crippen LogP contribution in [0.25, 0.3) is 0 Å². The van der Waals surface area contributed by atoms with E-state index in [2.05, 4.69) is 10.6 Å². The van der Waals surface area contributed by atoms with Gasteiger partial charge in [-0.25, -0.2) is 9.29 Å². The summed E-state index contributed by atoms with van der Waals surface area (Å²) >= 11 is 23.8. The Labute approximate surface area is 212 Å². The second-order valence-electron chi connectivity index (χ2n) is 7.02. The Morgan fingerprint density at radius 1 is 0.794 bits per heavy atom. The molecule has 11 heteroatoms. The van der Waals surface area contributed by atoms with Gasteiger partial charge in [-0.3, -0.25) is 14.4 Å². The Bertz CT molecular complexity index is 1390. The molecule has 0 saturated carbocycles. The smallest absolute Gasteiger partial charge is 0.283 e. The molecule has 0 saturated heterocycles. The summed E-state index contributed by atoms with van der Waals surface area (Å²) in [6, 6.07) is 14.3. The number of hydrogen-bond acceptors (Lipinski definition) is 4. The summed E-state index contributed by atoms with van der Waals surface area (Å²) in [7, 11) is 0. The van der Waals surface area contributed by atoms with E-state index < -0.39 is 23.5 Å². The number of carbonyl (C=O) groups is 3. The molecule has 6 nitrogen and oxygen atoms in total. The van der Waals surface area contributed by atoms with Crippen molar-refractivity contribution in [2.24, 2.45) is 0 Å². The molecule has 3 aromatic carbocycles. The van der Waals surface area contributed by atoms with E-state index in [-0.39, 0.29) is 32.0 Å². The first kappa shape index (κ1) is 24.0. The molecule has 3 amide bonds. The van der Waals surface area contributed by atoms with E-state index in [1.54, 1.807) is 30.3 Å². The van der Waals surface area contributed by atoms with Crippen molar-refractivity contribution in [3.05, 3.63) is 97.8 Å². The lowest BCUT2D eigenvalue weighted by molar-refractivity contribution is -0.120. The van der Waals surface area contributed by atoms with Gasteiger partial charge in [-0.1, -0.05) is 52.5 Å². The molecule has 0 bridgehead atoms. The summed E-state index contributed by atoms with van der Waals surface area (Å²) < 4.78 is 13.5. The number of benzene rings is 3. The fraction of sp³-hybridized carbons (Fsp3) is 0. The van der Waals surface area contributed by atoms with Crippen LogP contribution in [0.3, 0.4) is 0 Å². The molecule has 0 radical (unpaired) electrons. The van der Waals surface area contributed by atoms with E-state index in [0.29, 0.717) is 16.4 Å². The third kappa shape index (κ3) is 4.74. The van der Waals surface area contributed by atoms with Gasteiger partial charge in [0.25, 0.3) is 17.7 Å². The topological polar surface area (TPSA) is 78.5 Å². The lowest BCUT2D eigenvalue weighted by atomic mass is 10.1. The molecule has 1 aliphatic rings. The summed E-state index contributed by atoms with van der Waals surface area (Å²) in [5.74, 6) is -2.70. The fourth-order valence-electron chi connectivity index (χ4n) is 3.13. The summed E-state index contributed by atoms with van der Waals surface area (Å²) in [6.07, 6.45) is 0. The highest BCUT2D eigenvalue weighted by atomic mass is 35.5. The number of rotatable bonds is 5. The van der Waals surface area contributed by atoms with Crippen LogP contribution in [0.1, 0.15) is 10.4 Å². The highest BCUT2D eigenvalue weighted by Crippen LogP contribution is 2.32. The molecular weight excluding hydrogens is 527 g/mol. The van der Waals surface area contributed by atoms with Gasteiger partial charge in [-0.05, 0) is 54.6 Å². The van der Waals surface area contributed by atoms with Crippen LogP contribution in [0.5, 0.6) is 0 Å². The van der Waals surface area contributed by atoms with Gasteiger partial charge in [-0.15, -0.1) is 0 Å². The molecule has 4 rings (SSSR count). The van der Waals surface area contributed by atoms with E-state index in [0.717, 1.165) is 17.0 Å². The van der Waals surface area contributed by atoms with Crippen LogP contribution in [0.2, 0.25) is 15.1 Å². The zero-order valence-electron chi connectivity index (χ0n) is 16.8. The number of nitrogens with one attached hydrogen (secondary N) is 2. The molecule has 172 valence electrons. The van der Waals surface area contributed by atoms with Crippen molar-refractivity contribution in [3.63, 3.8) is 0 Å². The van der Waals surface area contributed by atoms with E-state index in [1.165, 1.54) is 18.2 Å². The number of carbonyl (C=O) groups excluding carboxylic acids is 3. The quantitative estimate of drug-likeness (QED) is 0.365. The van der Waals surface area contributed by atoms with Crippen molar-refractivity contribution in [2.75, 3.05) is 15.5 Å². The van der Waals surface area contributed by atoms with Crippen LogP contribution in [0, 0.1) is 5.82 Å². The van der Waals surface area contributed by atoms with Gasteiger partial charge < -0.3 is 10.6 Å². The molecule has 1 heterocycles. The van der Waals surface area contributed by atoms with Crippen LogP contribution in [0.15, 0.2) is 71.4 Å². The lowest BCUT2D eigenvalue weighted by Gasteiger charge is -2.15. The average Bonchev–Trinajstić information content (AvgIpc) is 3.01. The number of anilines is 3. The Morgan fingerprint density at radius 2 is 1.56 bits per heavy atom. The average molecular weight is 539 g/mol. The Morgan fingerprint density at radius 3 is 2.26 bits per heavy atom. The minimum Gasteiger partial charge on any atom is -0.350 e. The maximum atomic E-state index is 13.5. The molecule has 2 N–H and O–H groups in total. The van der Waals surface area contributed by atoms with Crippen molar-refractivity contribution in [2.45, 2.75) is 0 Å². The normalized spacial score (nSPS) is 13.5. The predicted octanol–water partition coefficient (Wildman–Crippen LogP) is 6.47. The first-order valence-corrected chi connectivity index (χ1v) is 11.0. The van der Waals surface area contributed by atoms with Crippen molar-refractivity contribution in [1.82, 2.24) is 0 Å². The van der Waals surface area contributed by atoms with Crippen LogP contribution in [-0.2, 0) is 9.59 Å². The van der Waals surface area contributed by atoms with Crippen molar-refractivity contribution < 1.29 is 18.8 Å². The second kappa shape index (κ2) is 9.64. The summed E-state index contributed by atoms with van der Waals surface area (Å²) in [5.41, 5.74) is 0.885. The third-order valence-electron chi connectivity index (χ3n) is 4.76. The molecule has 0 spiro atoms. The zero-order chi connectivity index (χ0) is 24.6. The molecule has 0 fully saturated rings. The van der Waals surface area contributed by atoms with E-state index >= 15 is 0 Å². The largest absolute Gasteiger partial charge is 0.350 e. The van der Waals surface area contributed by atoms with Crippen LogP contribution in [0.4, 0.5) is 21.5 Å². The monoisotopic (exact) mass is 537 g/mol. The molecule has 3 aromatic rings. The van der Waals surface area contributed by atoms with Crippen molar-refractivity contribution >= 4 is 81.2 Å². The Hall–Kier alpha value is -3.10. The number of nitrogens with zero attached hydrogens (tertiary/aromatic N) is 1. The van der Waals surface area contributed by atoms with Crippen molar-refractivity contribution in [1.29, 1.82) is 0 Å². The van der Waals surface area contributed by atoms with Gasteiger partial charge >= 0.3 is 0 Å². The van der Waals surface area contributed by atoms with E-state index in [9.17, 15) is 18.8 Å². The number of halogens is 5. The minimum atomic E-state index is -0.801. The standard InChI is InChI=1S/C23H12Cl4FN3O3/c24-15-6-4-13(9-16(15)25)30-21(32)11-2-1-3-12(8-11)29-20-19(27)22(33)31(23(20)34)14-5-7-18(28)17(26)10-14/h1-10,29H,(H,30,32). The maximum absolute atomic E-state index is 13.5. The number of amides is 3. The van der Waals surface area contributed by atoms with Crippen LogP contribution in [-0.4, -0.2) is 17.7 Å². The fourth-order valence-corrected chi connectivity index (χ4v) is 3.82. The van der Waals surface area contributed by atoms with Gasteiger partial charge in [0, 0.05) is 16.9 Å². The first-order valence-electron chi connectivity index (χ1n) is 9.53. The SMILES string of the molecule is O=C(Nc1ccc(Cl)c(Cl)c1)c1cccc(NC2=C(Cl)C(=O)N(c3ccc(F)c(Cl)c3)C2=O)c1. The summed E-state index contributed by atoms with van der Waals surface area (Å²) in [6.45, 7) is 0. The van der Waals surface area contributed by atoms with Gasteiger partial charge in [0.1, 0.15) is 16.5 Å². The lowest BCUT2D eigenvalue weighted by Crippen LogP contribution is -2.32. The zero-order valence-corrected chi connectivity index (χ0v) is 19.9. The van der Waals surface area contributed by atoms with E-state index in [1.807, 2.05) is 0 Å². The summed E-state index contributed by atoms with van der Waals surface area (Å²) in [4.78, 5) is 38.9. The minimum absolute atomic E-state index is 0.0612. The second-order valence-corrected chi connectivity index (χ2v) is 8.62. The molecule has 34 heavy (non-hydrogen) atoms. The molecule has 0 aliphatic carbocycles. The third-order valence-corrected chi connectivity index (χ3v) is 6.14.